The zero-order valence-corrected chi connectivity index (χ0v) is 16.2. The first-order valence-corrected chi connectivity index (χ1v) is 9.23. The van der Waals surface area contributed by atoms with Crippen LogP contribution >= 0.6 is 0 Å². The van der Waals surface area contributed by atoms with Gasteiger partial charge in [-0.05, 0) is 48.9 Å². The van der Waals surface area contributed by atoms with Crippen LogP contribution in [-0.4, -0.2) is 28.2 Å². The third-order valence-corrected chi connectivity index (χ3v) is 4.68. The zero-order valence-electron chi connectivity index (χ0n) is 16.2. The Bertz CT molecular complexity index is 1200. The first-order valence-electron chi connectivity index (χ1n) is 9.23. The van der Waals surface area contributed by atoms with Gasteiger partial charge < -0.3 is 10.2 Å². The lowest BCUT2D eigenvalue weighted by atomic mass is 10.2. The molecule has 4 aromatic rings. The number of nitrogens with one attached hydrogen (secondary N) is 1. The number of amides is 2. The van der Waals surface area contributed by atoms with E-state index < -0.39 is 0 Å². The number of carbonyl (C=O) groups excluding carboxylic acids is 2. The lowest BCUT2D eigenvalue weighted by molar-refractivity contribution is 0.0990. The van der Waals surface area contributed by atoms with Gasteiger partial charge in [0, 0.05) is 24.6 Å². The van der Waals surface area contributed by atoms with Crippen LogP contribution in [0.25, 0.3) is 5.52 Å². The molecule has 0 atom stereocenters. The number of nitrogens with zero attached hydrogens (tertiary/aromatic N) is 3. The minimum Gasteiger partial charge on any atom is -0.319 e. The fraction of sp³-hybridized carbons (Fsp3) is 0.0870. The Labute approximate surface area is 168 Å². The maximum absolute atomic E-state index is 13.1. The zero-order chi connectivity index (χ0) is 20.4. The lowest BCUT2D eigenvalue weighted by Crippen LogP contribution is -2.26. The number of anilines is 2. The van der Waals surface area contributed by atoms with Gasteiger partial charge in [-0.15, -0.1) is 0 Å². The summed E-state index contributed by atoms with van der Waals surface area (Å²) < 4.78 is 1.64. The van der Waals surface area contributed by atoms with Crippen molar-refractivity contribution >= 4 is 28.7 Å². The molecule has 2 aromatic carbocycles. The number of para-hydroxylation sites is 1. The summed E-state index contributed by atoms with van der Waals surface area (Å²) in [6.07, 6.45) is 1.73. The number of carbonyl (C=O) groups is 2. The average molecular weight is 384 g/mol. The molecular weight excluding hydrogens is 364 g/mol. The van der Waals surface area contributed by atoms with Crippen molar-refractivity contribution in [3.05, 3.63) is 96.1 Å². The van der Waals surface area contributed by atoms with E-state index in [1.807, 2.05) is 67.6 Å². The quantitative estimate of drug-likeness (QED) is 0.574. The fourth-order valence-electron chi connectivity index (χ4n) is 3.19. The number of fused-ring (bicyclic) bond motifs is 1. The van der Waals surface area contributed by atoms with Gasteiger partial charge >= 0.3 is 0 Å². The lowest BCUT2D eigenvalue weighted by Gasteiger charge is -2.16. The molecule has 144 valence electrons. The number of rotatable bonds is 4. The van der Waals surface area contributed by atoms with Crippen molar-refractivity contribution in [1.82, 2.24) is 9.38 Å². The maximum atomic E-state index is 13.1. The normalized spacial score (nSPS) is 10.7. The predicted octanol–water partition coefficient (Wildman–Crippen LogP) is 4.17. The van der Waals surface area contributed by atoms with Crippen LogP contribution in [0.1, 0.15) is 26.7 Å². The molecule has 0 fully saturated rings. The number of aromatic nitrogens is 2. The molecule has 2 heterocycles. The Morgan fingerprint density at radius 3 is 2.48 bits per heavy atom. The highest BCUT2D eigenvalue weighted by Crippen LogP contribution is 2.20. The number of hydrogen-bond donors (Lipinski definition) is 1. The van der Waals surface area contributed by atoms with Gasteiger partial charge in [0.05, 0.1) is 5.52 Å². The third-order valence-electron chi connectivity index (χ3n) is 4.68. The van der Waals surface area contributed by atoms with Crippen LogP contribution in [0.4, 0.5) is 11.4 Å². The first kappa shape index (κ1) is 18.4. The number of hydrogen-bond acceptors (Lipinski definition) is 3. The van der Waals surface area contributed by atoms with Crippen molar-refractivity contribution in [3.8, 4) is 0 Å². The molecule has 6 heteroatoms. The molecule has 2 amide bonds. The molecule has 0 spiro atoms. The summed E-state index contributed by atoms with van der Waals surface area (Å²) in [5.41, 5.74) is 3.27. The Balaban J connectivity index is 1.72. The molecule has 1 N–H and O–H groups in total. The minimum atomic E-state index is -0.377. The van der Waals surface area contributed by atoms with Gasteiger partial charge in [-0.3, -0.25) is 14.0 Å². The van der Waals surface area contributed by atoms with E-state index in [9.17, 15) is 9.59 Å². The van der Waals surface area contributed by atoms with E-state index in [1.165, 1.54) is 4.90 Å². The van der Waals surface area contributed by atoms with Crippen LogP contribution in [0, 0.1) is 6.92 Å². The second-order valence-corrected chi connectivity index (χ2v) is 6.76. The SMILES string of the molecule is Cc1cccc(NC(=O)c2nc(C(=O)N(C)c3ccccc3)c3ccccn23)c1. The summed E-state index contributed by atoms with van der Waals surface area (Å²) in [7, 11) is 1.69. The summed E-state index contributed by atoms with van der Waals surface area (Å²) in [6, 6.07) is 22.2. The van der Waals surface area contributed by atoms with Crippen molar-refractivity contribution < 1.29 is 9.59 Å². The molecule has 29 heavy (non-hydrogen) atoms. The van der Waals surface area contributed by atoms with E-state index in [0.29, 0.717) is 11.2 Å². The van der Waals surface area contributed by atoms with Crippen LogP contribution < -0.4 is 10.2 Å². The van der Waals surface area contributed by atoms with Crippen molar-refractivity contribution in [2.45, 2.75) is 6.92 Å². The smallest absolute Gasteiger partial charge is 0.292 e. The second kappa shape index (κ2) is 7.59. The molecule has 0 unspecified atom stereocenters. The average Bonchev–Trinajstić information content (AvgIpc) is 3.13. The van der Waals surface area contributed by atoms with Crippen molar-refractivity contribution in [1.29, 1.82) is 0 Å². The largest absolute Gasteiger partial charge is 0.319 e. The first-order chi connectivity index (χ1) is 14.0. The minimum absolute atomic E-state index is 0.159. The summed E-state index contributed by atoms with van der Waals surface area (Å²) in [4.78, 5) is 32.0. The molecule has 0 aliphatic rings. The highest BCUT2D eigenvalue weighted by Gasteiger charge is 2.24. The number of imidazole rings is 1. The molecule has 2 aromatic heterocycles. The van der Waals surface area contributed by atoms with Crippen molar-refractivity contribution in [2.24, 2.45) is 0 Å². The van der Waals surface area contributed by atoms with Gasteiger partial charge in [0.25, 0.3) is 11.8 Å². The van der Waals surface area contributed by atoms with Gasteiger partial charge in [0.1, 0.15) is 0 Å². The van der Waals surface area contributed by atoms with Gasteiger partial charge in [0.15, 0.2) is 5.69 Å². The van der Waals surface area contributed by atoms with E-state index in [4.69, 9.17) is 0 Å². The predicted molar refractivity (Wildman–Crippen MR) is 113 cm³/mol. The molecule has 0 saturated heterocycles. The van der Waals surface area contributed by atoms with Gasteiger partial charge in [-0.25, -0.2) is 4.98 Å². The number of benzene rings is 2. The summed E-state index contributed by atoms with van der Waals surface area (Å²) in [6.45, 7) is 1.96. The van der Waals surface area contributed by atoms with Crippen LogP contribution in [0.5, 0.6) is 0 Å². The monoisotopic (exact) mass is 384 g/mol. The fourth-order valence-corrected chi connectivity index (χ4v) is 3.19. The van der Waals surface area contributed by atoms with E-state index in [2.05, 4.69) is 10.3 Å². The summed E-state index contributed by atoms with van der Waals surface area (Å²) in [5, 5.41) is 2.86. The second-order valence-electron chi connectivity index (χ2n) is 6.76. The summed E-state index contributed by atoms with van der Waals surface area (Å²) in [5.74, 6) is -0.500. The van der Waals surface area contributed by atoms with Crippen LogP contribution in [0.3, 0.4) is 0 Å². The molecule has 0 saturated carbocycles. The van der Waals surface area contributed by atoms with E-state index in [-0.39, 0.29) is 23.3 Å². The van der Waals surface area contributed by atoms with Gasteiger partial charge in [0.2, 0.25) is 5.82 Å². The van der Waals surface area contributed by atoms with Crippen LogP contribution in [0.15, 0.2) is 79.0 Å². The molecule has 0 aliphatic heterocycles. The van der Waals surface area contributed by atoms with E-state index in [1.54, 1.807) is 29.8 Å². The van der Waals surface area contributed by atoms with E-state index >= 15 is 0 Å². The Morgan fingerprint density at radius 1 is 0.966 bits per heavy atom. The maximum Gasteiger partial charge on any atom is 0.292 e. The van der Waals surface area contributed by atoms with Crippen molar-refractivity contribution in [3.63, 3.8) is 0 Å². The van der Waals surface area contributed by atoms with E-state index in [0.717, 1.165) is 11.3 Å². The molecule has 0 bridgehead atoms. The Kier molecular flexibility index (Phi) is 4.83. The highest BCUT2D eigenvalue weighted by molar-refractivity contribution is 6.11. The van der Waals surface area contributed by atoms with Gasteiger partial charge in [-0.1, -0.05) is 36.4 Å². The standard InChI is InChI=1S/C23H20N4O2/c1-16-9-8-10-17(15-16)24-22(28)21-25-20(19-13-6-7-14-27(19)21)23(29)26(2)18-11-4-3-5-12-18/h3-15H,1-2H3,(H,24,28). The summed E-state index contributed by atoms with van der Waals surface area (Å²) >= 11 is 0. The van der Waals surface area contributed by atoms with Crippen molar-refractivity contribution in [2.75, 3.05) is 17.3 Å². The van der Waals surface area contributed by atoms with Crippen LogP contribution in [0.2, 0.25) is 0 Å². The Morgan fingerprint density at radius 2 is 1.72 bits per heavy atom. The molecule has 4 rings (SSSR count). The third kappa shape index (κ3) is 3.60. The highest BCUT2D eigenvalue weighted by atomic mass is 16.2. The molecule has 0 aliphatic carbocycles. The molecular formula is C23H20N4O2. The van der Waals surface area contributed by atoms with Crippen LogP contribution in [-0.2, 0) is 0 Å². The number of pyridine rings is 1. The van der Waals surface area contributed by atoms with Gasteiger partial charge in [-0.2, -0.15) is 0 Å². The molecule has 6 nitrogen and oxygen atoms in total. The Hall–Kier alpha value is -3.93. The number of aryl methyl sites for hydroxylation is 1. The molecule has 0 radical (unpaired) electrons. The topological polar surface area (TPSA) is 66.7 Å².